The van der Waals surface area contributed by atoms with E-state index >= 15 is 0 Å². The highest BCUT2D eigenvalue weighted by atomic mass is 19.1. The molecule has 0 saturated carbocycles. The second kappa shape index (κ2) is 4.60. The Morgan fingerprint density at radius 3 is 2.61 bits per heavy atom. The van der Waals surface area contributed by atoms with Crippen molar-refractivity contribution in [1.29, 1.82) is 0 Å². The Morgan fingerprint density at radius 1 is 1.28 bits per heavy atom. The Morgan fingerprint density at radius 2 is 2.00 bits per heavy atom. The van der Waals surface area contributed by atoms with E-state index in [1.807, 2.05) is 13.8 Å². The first-order chi connectivity index (χ1) is 8.51. The van der Waals surface area contributed by atoms with Gasteiger partial charge in [0.05, 0.1) is 0 Å². The fourth-order valence-corrected chi connectivity index (χ4v) is 1.76. The lowest BCUT2D eigenvalue weighted by molar-refractivity contribution is 0.469. The van der Waals surface area contributed by atoms with Crippen molar-refractivity contribution in [2.45, 2.75) is 20.3 Å². The Kier molecular flexibility index (Phi) is 3.14. The molecule has 5 heteroatoms. The van der Waals surface area contributed by atoms with Crippen molar-refractivity contribution < 1.29 is 9.50 Å². The molecular weight excluding hydrogens is 233 g/mol. The van der Waals surface area contributed by atoms with Crippen molar-refractivity contribution in [3.05, 3.63) is 35.3 Å². The van der Waals surface area contributed by atoms with E-state index in [0.717, 1.165) is 17.3 Å². The number of benzene rings is 1. The summed E-state index contributed by atoms with van der Waals surface area (Å²) >= 11 is 0. The highest BCUT2D eigenvalue weighted by Gasteiger charge is 2.10. The summed E-state index contributed by atoms with van der Waals surface area (Å²) in [7, 11) is 0. The van der Waals surface area contributed by atoms with Crippen LogP contribution in [0, 0.1) is 12.7 Å². The van der Waals surface area contributed by atoms with Gasteiger partial charge in [-0.2, -0.15) is 0 Å². The minimum atomic E-state index is -0.536. The van der Waals surface area contributed by atoms with Crippen LogP contribution in [0.5, 0.6) is 5.75 Å². The molecule has 0 unspecified atom stereocenters. The summed E-state index contributed by atoms with van der Waals surface area (Å²) in [5.41, 5.74) is 7.87. The zero-order chi connectivity index (χ0) is 13.3. The number of nitrogens with two attached hydrogens (primary N) is 1. The molecule has 3 N–H and O–H groups in total. The normalized spacial score (nSPS) is 10.6. The third-order valence-corrected chi connectivity index (χ3v) is 2.76. The first-order valence-electron chi connectivity index (χ1n) is 5.64. The molecule has 1 heterocycles. The summed E-state index contributed by atoms with van der Waals surface area (Å²) in [5.74, 6) is 0.00180. The largest absolute Gasteiger partial charge is 0.508 e. The molecule has 0 radical (unpaired) electrons. The molecule has 94 valence electrons. The molecule has 0 bridgehead atoms. The van der Waals surface area contributed by atoms with Crippen LogP contribution in [0.15, 0.2) is 18.2 Å². The van der Waals surface area contributed by atoms with Gasteiger partial charge in [0, 0.05) is 22.9 Å². The van der Waals surface area contributed by atoms with Crippen LogP contribution in [-0.4, -0.2) is 15.1 Å². The van der Waals surface area contributed by atoms with Gasteiger partial charge in [0.25, 0.3) is 0 Å². The maximum Gasteiger partial charge on any atom is 0.162 e. The van der Waals surface area contributed by atoms with Gasteiger partial charge in [0.2, 0.25) is 0 Å². The summed E-state index contributed by atoms with van der Waals surface area (Å²) < 4.78 is 13.2. The molecule has 4 nitrogen and oxygen atoms in total. The van der Waals surface area contributed by atoms with Gasteiger partial charge < -0.3 is 10.8 Å². The van der Waals surface area contributed by atoms with Crippen molar-refractivity contribution in [1.82, 2.24) is 9.97 Å². The number of phenolic OH excluding ortho intramolecular Hbond substituents is 1. The van der Waals surface area contributed by atoms with Crippen LogP contribution in [0.1, 0.15) is 18.2 Å². The van der Waals surface area contributed by atoms with E-state index in [2.05, 4.69) is 9.97 Å². The number of aryl methyl sites for hydroxylation is 1. The number of phenols is 1. The monoisotopic (exact) mass is 247 g/mol. The predicted molar refractivity (Wildman–Crippen MR) is 67.6 cm³/mol. The molecule has 18 heavy (non-hydrogen) atoms. The molecule has 0 aliphatic rings. The molecule has 1 aromatic heterocycles. The average molecular weight is 247 g/mol. The maximum atomic E-state index is 13.2. The van der Waals surface area contributed by atoms with Crippen LogP contribution in [0.2, 0.25) is 0 Å². The third kappa shape index (κ3) is 2.25. The lowest BCUT2D eigenvalue weighted by Gasteiger charge is -2.09. The number of anilines is 1. The van der Waals surface area contributed by atoms with E-state index in [-0.39, 0.29) is 5.75 Å². The van der Waals surface area contributed by atoms with Crippen molar-refractivity contribution in [2.24, 2.45) is 0 Å². The Hall–Kier alpha value is -2.17. The molecule has 1 aromatic carbocycles. The first-order valence-corrected chi connectivity index (χ1v) is 5.64. The highest BCUT2D eigenvalue weighted by Crippen LogP contribution is 2.24. The summed E-state index contributed by atoms with van der Waals surface area (Å²) in [5, 5.41) is 9.38. The van der Waals surface area contributed by atoms with Gasteiger partial charge in [-0.15, -0.1) is 0 Å². The van der Waals surface area contributed by atoms with Gasteiger partial charge in [0.1, 0.15) is 17.4 Å². The zero-order valence-corrected chi connectivity index (χ0v) is 10.2. The van der Waals surface area contributed by atoms with Crippen LogP contribution in [0.25, 0.3) is 11.4 Å². The number of hydrogen-bond acceptors (Lipinski definition) is 4. The molecule has 0 spiro atoms. The van der Waals surface area contributed by atoms with Crippen LogP contribution >= 0.6 is 0 Å². The SMILES string of the molecule is CCc1nc(-c2cc(O)cc(F)c2)nc(N)c1C. The Balaban J connectivity index is 2.60. The van der Waals surface area contributed by atoms with Crippen LogP contribution in [-0.2, 0) is 6.42 Å². The van der Waals surface area contributed by atoms with E-state index < -0.39 is 5.82 Å². The second-order valence-electron chi connectivity index (χ2n) is 4.06. The third-order valence-electron chi connectivity index (χ3n) is 2.76. The van der Waals surface area contributed by atoms with Crippen molar-refractivity contribution in [3.63, 3.8) is 0 Å². The van der Waals surface area contributed by atoms with Crippen LogP contribution in [0.4, 0.5) is 10.2 Å². The summed E-state index contributed by atoms with van der Waals surface area (Å²) in [6.45, 7) is 3.81. The fraction of sp³-hybridized carbons (Fsp3) is 0.231. The molecule has 0 fully saturated rings. The number of aromatic nitrogens is 2. The number of aromatic hydroxyl groups is 1. The lowest BCUT2D eigenvalue weighted by atomic mass is 10.1. The van der Waals surface area contributed by atoms with Gasteiger partial charge >= 0.3 is 0 Å². The van der Waals surface area contributed by atoms with Crippen molar-refractivity contribution in [3.8, 4) is 17.1 Å². The summed E-state index contributed by atoms with van der Waals surface area (Å²) in [6.07, 6.45) is 0.715. The van der Waals surface area contributed by atoms with E-state index in [9.17, 15) is 9.50 Å². The Bertz CT molecular complexity index is 579. The minimum absolute atomic E-state index is 0.161. The van der Waals surface area contributed by atoms with Gasteiger partial charge in [-0.1, -0.05) is 6.92 Å². The predicted octanol–water partition coefficient (Wildman–Crippen LogP) is 2.44. The number of hydrogen-bond donors (Lipinski definition) is 2. The number of nitrogen functional groups attached to an aromatic ring is 1. The van der Waals surface area contributed by atoms with Crippen molar-refractivity contribution in [2.75, 3.05) is 5.73 Å². The van der Waals surface area contributed by atoms with Gasteiger partial charge in [-0.25, -0.2) is 14.4 Å². The second-order valence-corrected chi connectivity index (χ2v) is 4.06. The quantitative estimate of drug-likeness (QED) is 0.855. The van der Waals surface area contributed by atoms with E-state index in [0.29, 0.717) is 23.6 Å². The molecular formula is C13H14FN3O. The van der Waals surface area contributed by atoms with Crippen molar-refractivity contribution >= 4 is 5.82 Å². The number of rotatable bonds is 2. The van der Waals surface area contributed by atoms with Gasteiger partial charge in [0.15, 0.2) is 5.82 Å². The Labute approximate surface area is 104 Å². The van der Waals surface area contributed by atoms with Gasteiger partial charge in [-0.3, -0.25) is 0 Å². The molecule has 2 rings (SSSR count). The molecule has 0 aliphatic heterocycles. The van der Waals surface area contributed by atoms with E-state index in [4.69, 9.17) is 5.73 Å². The zero-order valence-electron chi connectivity index (χ0n) is 10.2. The standard InChI is InChI=1S/C13H14FN3O/c1-3-11-7(2)12(15)17-13(16-11)8-4-9(14)6-10(18)5-8/h4-6,18H,3H2,1-2H3,(H2,15,16,17). The topological polar surface area (TPSA) is 72.0 Å². The van der Waals surface area contributed by atoms with Crippen LogP contribution < -0.4 is 5.73 Å². The summed E-state index contributed by atoms with van der Waals surface area (Å²) in [6, 6.07) is 3.71. The number of nitrogens with zero attached hydrogens (tertiary/aromatic N) is 2. The molecule has 0 aliphatic carbocycles. The molecule has 2 aromatic rings. The first kappa shape index (κ1) is 12.3. The molecule has 0 atom stereocenters. The van der Waals surface area contributed by atoms with Crippen LogP contribution in [0.3, 0.4) is 0 Å². The maximum absolute atomic E-state index is 13.2. The summed E-state index contributed by atoms with van der Waals surface area (Å²) in [4.78, 5) is 8.46. The van der Waals surface area contributed by atoms with E-state index in [1.165, 1.54) is 12.1 Å². The van der Waals surface area contributed by atoms with Gasteiger partial charge in [-0.05, 0) is 25.5 Å². The minimum Gasteiger partial charge on any atom is -0.508 e. The smallest absolute Gasteiger partial charge is 0.162 e. The molecule has 0 saturated heterocycles. The highest BCUT2D eigenvalue weighted by molar-refractivity contribution is 5.60. The fourth-order valence-electron chi connectivity index (χ4n) is 1.76. The van der Waals surface area contributed by atoms with E-state index in [1.54, 1.807) is 0 Å². The average Bonchev–Trinajstić information content (AvgIpc) is 2.31. The number of halogens is 1. The molecule has 0 amide bonds. The lowest BCUT2D eigenvalue weighted by Crippen LogP contribution is -2.04.